The van der Waals surface area contributed by atoms with Crippen molar-refractivity contribution in [3.05, 3.63) is 65.5 Å². The number of thioether (sulfide) groups is 1. The molecule has 0 amide bonds. The van der Waals surface area contributed by atoms with Crippen LogP contribution in [0.3, 0.4) is 0 Å². The van der Waals surface area contributed by atoms with Crippen molar-refractivity contribution in [3.8, 4) is 17.2 Å². The number of methoxy groups -OCH3 is 3. The Balaban J connectivity index is 2.04. The second-order valence-electron chi connectivity index (χ2n) is 6.44. The van der Waals surface area contributed by atoms with E-state index in [-0.39, 0.29) is 29.0 Å². The molecular weight excluding hydrogens is 446 g/mol. The monoisotopic (exact) mass is 471 g/mol. The van der Waals surface area contributed by atoms with Crippen molar-refractivity contribution in [1.29, 1.82) is 0 Å². The molecule has 0 N–H and O–H groups in total. The van der Waals surface area contributed by atoms with E-state index in [4.69, 9.17) is 18.9 Å². The van der Waals surface area contributed by atoms with E-state index in [0.717, 1.165) is 11.8 Å². The molecule has 8 nitrogen and oxygen atoms in total. The fourth-order valence-electron chi connectivity index (χ4n) is 2.66. The SMILES string of the molecule is CC=CC(=O)SCC(=O)OCc1cccc(C(=O)C=Cc2cc(OC)c(OC)c(OC)c2)n1. The van der Waals surface area contributed by atoms with Crippen molar-refractivity contribution >= 4 is 34.7 Å². The number of carbonyl (C=O) groups is 3. The highest BCUT2D eigenvalue weighted by atomic mass is 32.2. The van der Waals surface area contributed by atoms with E-state index in [2.05, 4.69) is 4.98 Å². The Kier molecular flexibility index (Phi) is 10.2. The number of allylic oxidation sites excluding steroid dienone is 2. The molecule has 0 fully saturated rings. The number of esters is 1. The van der Waals surface area contributed by atoms with Gasteiger partial charge in [-0.1, -0.05) is 30.0 Å². The van der Waals surface area contributed by atoms with Gasteiger partial charge in [0.2, 0.25) is 16.6 Å². The van der Waals surface area contributed by atoms with Crippen LogP contribution >= 0.6 is 11.8 Å². The van der Waals surface area contributed by atoms with Gasteiger partial charge in [-0.15, -0.1) is 0 Å². The highest BCUT2D eigenvalue weighted by molar-refractivity contribution is 8.14. The summed E-state index contributed by atoms with van der Waals surface area (Å²) in [7, 11) is 4.53. The summed E-state index contributed by atoms with van der Waals surface area (Å²) in [4.78, 5) is 40.0. The van der Waals surface area contributed by atoms with E-state index in [1.54, 1.807) is 49.4 Å². The van der Waals surface area contributed by atoms with Crippen molar-refractivity contribution < 1.29 is 33.3 Å². The van der Waals surface area contributed by atoms with Gasteiger partial charge in [-0.2, -0.15) is 0 Å². The highest BCUT2D eigenvalue weighted by Gasteiger charge is 2.13. The second-order valence-corrected chi connectivity index (χ2v) is 7.42. The highest BCUT2D eigenvalue weighted by Crippen LogP contribution is 2.38. The molecule has 0 aliphatic heterocycles. The first-order valence-corrected chi connectivity index (χ1v) is 10.8. The minimum Gasteiger partial charge on any atom is -0.493 e. The van der Waals surface area contributed by atoms with E-state index < -0.39 is 5.97 Å². The number of hydrogen-bond acceptors (Lipinski definition) is 9. The number of ketones is 1. The van der Waals surface area contributed by atoms with Gasteiger partial charge >= 0.3 is 5.97 Å². The Labute approximate surface area is 196 Å². The van der Waals surface area contributed by atoms with Gasteiger partial charge < -0.3 is 18.9 Å². The van der Waals surface area contributed by atoms with Crippen molar-refractivity contribution in [1.82, 2.24) is 4.98 Å². The van der Waals surface area contributed by atoms with Crippen LogP contribution < -0.4 is 14.2 Å². The third kappa shape index (κ3) is 7.80. The Morgan fingerprint density at radius 2 is 1.70 bits per heavy atom. The van der Waals surface area contributed by atoms with Crippen molar-refractivity contribution in [2.75, 3.05) is 27.1 Å². The molecule has 1 aromatic heterocycles. The molecule has 174 valence electrons. The standard InChI is InChI=1S/C24H25NO7S/c1-5-7-23(28)33-15-22(27)32-14-17-8-6-9-18(25-17)19(26)11-10-16-12-20(29-2)24(31-4)21(13-16)30-3/h5-13H,14-15H2,1-4H3. The average molecular weight is 472 g/mol. The number of rotatable bonds is 11. The predicted octanol–water partition coefficient (Wildman–Crippen LogP) is 3.88. The largest absolute Gasteiger partial charge is 0.493 e. The van der Waals surface area contributed by atoms with Crippen LogP contribution in [0.4, 0.5) is 0 Å². The van der Waals surface area contributed by atoms with Crippen molar-refractivity contribution in [2.45, 2.75) is 13.5 Å². The smallest absolute Gasteiger partial charge is 0.316 e. The maximum absolute atomic E-state index is 12.6. The van der Waals surface area contributed by atoms with Crippen LogP contribution in [0, 0.1) is 0 Å². The van der Waals surface area contributed by atoms with Crippen LogP contribution in [0.2, 0.25) is 0 Å². The number of aromatic nitrogens is 1. The number of hydrogen-bond donors (Lipinski definition) is 0. The Morgan fingerprint density at radius 1 is 1.00 bits per heavy atom. The molecule has 1 heterocycles. The van der Waals surface area contributed by atoms with Crippen LogP contribution in [0.5, 0.6) is 17.2 Å². The fourth-order valence-corrected chi connectivity index (χ4v) is 3.24. The van der Waals surface area contributed by atoms with Gasteiger partial charge in [0.1, 0.15) is 12.3 Å². The zero-order chi connectivity index (χ0) is 24.2. The maximum Gasteiger partial charge on any atom is 0.316 e. The number of pyridine rings is 1. The quantitative estimate of drug-likeness (QED) is 0.274. The minimum atomic E-state index is -0.543. The van der Waals surface area contributed by atoms with Crippen LogP contribution in [-0.2, 0) is 20.9 Å². The van der Waals surface area contributed by atoms with E-state index in [0.29, 0.717) is 28.5 Å². The van der Waals surface area contributed by atoms with E-state index in [1.165, 1.54) is 33.5 Å². The fraction of sp³-hybridized carbons (Fsp3) is 0.250. The first-order chi connectivity index (χ1) is 15.9. The van der Waals surface area contributed by atoms with E-state index in [9.17, 15) is 14.4 Å². The van der Waals surface area contributed by atoms with Crippen molar-refractivity contribution in [2.24, 2.45) is 0 Å². The summed E-state index contributed by atoms with van der Waals surface area (Å²) in [5.74, 6) is 0.423. The molecule has 0 saturated carbocycles. The lowest BCUT2D eigenvalue weighted by Gasteiger charge is -2.12. The number of benzene rings is 1. The van der Waals surface area contributed by atoms with Crippen LogP contribution in [0.25, 0.3) is 6.08 Å². The van der Waals surface area contributed by atoms with Gasteiger partial charge in [0, 0.05) is 0 Å². The van der Waals surface area contributed by atoms with Crippen LogP contribution in [0.1, 0.15) is 28.7 Å². The molecule has 2 rings (SSSR count). The summed E-state index contributed by atoms with van der Waals surface area (Å²) < 4.78 is 21.0. The maximum atomic E-state index is 12.6. The summed E-state index contributed by atoms with van der Waals surface area (Å²) in [5, 5.41) is -0.223. The van der Waals surface area contributed by atoms with Gasteiger partial charge in [0.25, 0.3) is 0 Å². The Hall–Kier alpha value is -3.59. The number of carbonyl (C=O) groups excluding carboxylic acids is 3. The average Bonchev–Trinajstić information content (AvgIpc) is 2.84. The lowest BCUT2D eigenvalue weighted by atomic mass is 10.1. The summed E-state index contributed by atoms with van der Waals surface area (Å²) in [6, 6.07) is 8.30. The molecule has 0 bridgehead atoms. The van der Waals surface area contributed by atoms with Crippen LogP contribution in [-0.4, -0.2) is 48.9 Å². The molecular formula is C24H25NO7S. The first kappa shape index (κ1) is 25.7. The van der Waals surface area contributed by atoms with Gasteiger partial charge in [-0.05, 0) is 48.9 Å². The van der Waals surface area contributed by atoms with E-state index >= 15 is 0 Å². The third-order valence-electron chi connectivity index (χ3n) is 4.19. The molecule has 9 heteroatoms. The minimum absolute atomic E-state index is 0.0979. The molecule has 1 aromatic carbocycles. The molecule has 0 radical (unpaired) electrons. The lowest BCUT2D eigenvalue weighted by Crippen LogP contribution is -2.10. The number of nitrogens with zero attached hydrogens (tertiary/aromatic N) is 1. The molecule has 0 spiro atoms. The van der Waals surface area contributed by atoms with Gasteiger partial charge in [-0.25, -0.2) is 4.98 Å². The number of ether oxygens (including phenoxy) is 4. The molecule has 0 unspecified atom stereocenters. The van der Waals surface area contributed by atoms with Gasteiger partial charge in [0.05, 0.1) is 32.8 Å². The topological polar surface area (TPSA) is 101 Å². The molecule has 0 aliphatic carbocycles. The normalized spacial score (nSPS) is 10.9. The lowest BCUT2D eigenvalue weighted by molar-refractivity contribution is -0.141. The Morgan fingerprint density at radius 3 is 2.30 bits per heavy atom. The first-order valence-electron chi connectivity index (χ1n) is 9.85. The molecule has 2 aromatic rings. The molecule has 0 atom stereocenters. The van der Waals surface area contributed by atoms with Crippen molar-refractivity contribution in [3.63, 3.8) is 0 Å². The Bertz CT molecular complexity index is 1040. The summed E-state index contributed by atoms with van der Waals surface area (Å²) in [6.07, 6.45) is 5.96. The summed E-state index contributed by atoms with van der Waals surface area (Å²) in [6.45, 7) is 1.62. The zero-order valence-electron chi connectivity index (χ0n) is 18.8. The summed E-state index contributed by atoms with van der Waals surface area (Å²) in [5.41, 5.74) is 1.29. The predicted molar refractivity (Wildman–Crippen MR) is 126 cm³/mol. The third-order valence-corrected chi connectivity index (χ3v) is 4.99. The van der Waals surface area contributed by atoms with Gasteiger partial charge in [-0.3, -0.25) is 14.4 Å². The van der Waals surface area contributed by atoms with Gasteiger partial charge in [0.15, 0.2) is 11.5 Å². The summed E-state index contributed by atoms with van der Waals surface area (Å²) >= 11 is 0.855. The van der Waals surface area contributed by atoms with E-state index in [1.807, 2.05) is 0 Å². The zero-order valence-corrected chi connectivity index (χ0v) is 19.6. The second kappa shape index (κ2) is 13.1. The molecule has 0 aliphatic rings. The van der Waals surface area contributed by atoms with Crippen LogP contribution in [0.15, 0.2) is 48.6 Å². The molecule has 33 heavy (non-hydrogen) atoms. The molecule has 0 saturated heterocycles.